The van der Waals surface area contributed by atoms with Gasteiger partial charge < -0.3 is 10.1 Å². The van der Waals surface area contributed by atoms with Gasteiger partial charge >= 0.3 is 0 Å². The molecule has 0 heterocycles. The van der Waals surface area contributed by atoms with Gasteiger partial charge in [-0.1, -0.05) is 31.2 Å². The minimum Gasteiger partial charge on any atom is -0.494 e. The maximum absolute atomic E-state index is 5.58. The molecule has 0 saturated heterocycles. The maximum atomic E-state index is 5.58. The molecule has 1 N–H and O–H groups in total. The van der Waals surface area contributed by atoms with Gasteiger partial charge in [-0.05, 0) is 41.8 Å². The van der Waals surface area contributed by atoms with Crippen molar-refractivity contribution < 1.29 is 4.74 Å². The first kappa shape index (κ1) is 12.5. The normalized spacial score (nSPS) is 10.1. The van der Waals surface area contributed by atoms with Gasteiger partial charge in [-0.2, -0.15) is 0 Å². The van der Waals surface area contributed by atoms with Crippen molar-refractivity contribution in [1.29, 1.82) is 0 Å². The van der Waals surface area contributed by atoms with Crippen LogP contribution in [-0.2, 0) is 0 Å². The van der Waals surface area contributed by atoms with Crippen LogP contribution >= 0.6 is 0 Å². The second-order valence-electron chi connectivity index (χ2n) is 4.20. The monoisotopic (exact) mass is 241 g/mol. The minimum atomic E-state index is 0.772. The quantitative estimate of drug-likeness (QED) is 0.847. The molecule has 2 rings (SSSR count). The van der Waals surface area contributed by atoms with Crippen LogP contribution in [-0.4, -0.2) is 13.7 Å². The third kappa shape index (κ3) is 3.04. The van der Waals surface area contributed by atoms with E-state index in [4.69, 9.17) is 4.74 Å². The van der Waals surface area contributed by atoms with Crippen molar-refractivity contribution in [3.8, 4) is 16.9 Å². The zero-order valence-corrected chi connectivity index (χ0v) is 10.9. The molecule has 0 aliphatic carbocycles. The molecule has 0 saturated carbocycles. The van der Waals surface area contributed by atoms with Crippen LogP contribution in [0.4, 0.5) is 5.69 Å². The second-order valence-corrected chi connectivity index (χ2v) is 4.20. The van der Waals surface area contributed by atoms with Crippen LogP contribution in [0.2, 0.25) is 0 Å². The van der Waals surface area contributed by atoms with E-state index in [0.29, 0.717) is 0 Å². The molecule has 0 radical (unpaired) electrons. The zero-order chi connectivity index (χ0) is 12.8. The lowest BCUT2D eigenvalue weighted by molar-refractivity contribution is 0.317. The van der Waals surface area contributed by atoms with Gasteiger partial charge in [0.1, 0.15) is 5.75 Å². The van der Waals surface area contributed by atoms with Gasteiger partial charge in [-0.3, -0.25) is 0 Å². The molecule has 0 aliphatic rings. The first-order valence-corrected chi connectivity index (χ1v) is 6.34. The minimum absolute atomic E-state index is 0.772. The van der Waals surface area contributed by atoms with Crippen LogP contribution in [0.15, 0.2) is 48.5 Å². The summed E-state index contributed by atoms with van der Waals surface area (Å²) in [6.45, 7) is 2.88. The first-order valence-electron chi connectivity index (χ1n) is 6.34. The molecule has 0 aliphatic heterocycles. The number of anilines is 1. The molecule has 2 nitrogen and oxygen atoms in total. The highest BCUT2D eigenvalue weighted by atomic mass is 16.5. The highest BCUT2D eigenvalue weighted by molar-refractivity contribution is 5.68. The lowest BCUT2D eigenvalue weighted by Gasteiger charge is -2.07. The fraction of sp³-hybridized carbons (Fsp3) is 0.250. The predicted molar refractivity (Wildman–Crippen MR) is 77.2 cm³/mol. The molecule has 0 unspecified atom stereocenters. The molecule has 0 atom stereocenters. The van der Waals surface area contributed by atoms with Gasteiger partial charge in [-0.25, -0.2) is 0 Å². The predicted octanol–water partition coefficient (Wildman–Crippen LogP) is 4.18. The summed E-state index contributed by atoms with van der Waals surface area (Å²) in [5.74, 6) is 0.936. The summed E-state index contributed by atoms with van der Waals surface area (Å²) in [6, 6.07) is 16.6. The highest BCUT2D eigenvalue weighted by Crippen LogP contribution is 2.24. The molecule has 18 heavy (non-hydrogen) atoms. The molecule has 0 aromatic heterocycles. The van der Waals surface area contributed by atoms with Crippen molar-refractivity contribution in [3.63, 3.8) is 0 Å². The maximum Gasteiger partial charge on any atom is 0.119 e. The van der Waals surface area contributed by atoms with Crippen molar-refractivity contribution in [1.82, 2.24) is 0 Å². The summed E-state index contributed by atoms with van der Waals surface area (Å²) >= 11 is 0. The molecule has 0 amide bonds. The van der Waals surface area contributed by atoms with Crippen LogP contribution in [0.3, 0.4) is 0 Å². The van der Waals surface area contributed by atoms with Crippen LogP contribution in [0.25, 0.3) is 11.1 Å². The van der Waals surface area contributed by atoms with Gasteiger partial charge in [0, 0.05) is 12.7 Å². The summed E-state index contributed by atoms with van der Waals surface area (Å²) in [5.41, 5.74) is 3.54. The number of ether oxygens (including phenoxy) is 1. The topological polar surface area (TPSA) is 21.3 Å². The van der Waals surface area contributed by atoms with E-state index in [9.17, 15) is 0 Å². The fourth-order valence-electron chi connectivity index (χ4n) is 1.82. The number of hydrogen-bond acceptors (Lipinski definition) is 2. The number of rotatable bonds is 5. The van der Waals surface area contributed by atoms with E-state index in [1.54, 1.807) is 0 Å². The van der Waals surface area contributed by atoms with Gasteiger partial charge in [0.25, 0.3) is 0 Å². The molecule has 0 spiro atoms. The van der Waals surface area contributed by atoms with Crippen LogP contribution in [0.1, 0.15) is 13.3 Å². The Balaban J connectivity index is 2.17. The van der Waals surface area contributed by atoms with E-state index < -0.39 is 0 Å². The molecule has 0 bridgehead atoms. The molecule has 2 aromatic carbocycles. The van der Waals surface area contributed by atoms with Crippen molar-refractivity contribution in [3.05, 3.63) is 48.5 Å². The third-order valence-corrected chi connectivity index (χ3v) is 2.81. The van der Waals surface area contributed by atoms with Crippen molar-refractivity contribution >= 4 is 5.69 Å². The molecular formula is C16H19NO. The number of benzene rings is 2. The van der Waals surface area contributed by atoms with E-state index in [1.807, 2.05) is 19.2 Å². The summed E-state index contributed by atoms with van der Waals surface area (Å²) in [6.07, 6.45) is 1.03. The van der Waals surface area contributed by atoms with Crippen LogP contribution in [0.5, 0.6) is 5.75 Å². The Kier molecular flexibility index (Phi) is 4.24. The molecule has 0 fully saturated rings. The van der Waals surface area contributed by atoms with E-state index >= 15 is 0 Å². The highest BCUT2D eigenvalue weighted by Gasteiger charge is 1.99. The Morgan fingerprint density at radius 1 is 1.00 bits per heavy atom. The zero-order valence-electron chi connectivity index (χ0n) is 10.9. The lowest BCUT2D eigenvalue weighted by Crippen LogP contribution is -1.94. The van der Waals surface area contributed by atoms with Gasteiger partial charge in [0.2, 0.25) is 0 Å². The van der Waals surface area contributed by atoms with E-state index in [1.165, 1.54) is 11.1 Å². The average molecular weight is 241 g/mol. The molecule has 2 heteroatoms. The molecule has 2 aromatic rings. The van der Waals surface area contributed by atoms with E-state index in [0.717, 1.165) is 24.5 Å². The SMILES string of the molecule is CCCOc1ccc(-c2cccc(NC)c2)cc1. The van der Waals surface area contributed by atoms with Crippen LogP contribution in [0, 0.1) is 0 Å². The summed E-state index contributed by atoms with van der Waals surface area (Å²) in [5, 5.41) is 3.15. The Labute approximate surface area is 109 Å². The van der Waals surface area contributed by atoms with Crippen LogP contribution < -0.4 is 10.1 Å². The average Bonchev–Trinajstić information content (AvgIpc) is 2.46. The third-order valence-electron chi connectivity index (χ3n) is 2.81. The van der Waals surface area contributed by atoms with Crippen molar-refractivity contribution in [2.24, 2.45) is 0 Å². The Morgan fingerprint density at radius 3 is 2.44 bits per heavy atom. The summed E-state index contributed by atoms with van der Waals surface area (Å²) < 4.78 is 5.58. The van der Waals surface area contributed by atoms with E-state index in [2.05, 4.69) is 48.6 Å². The smallest absolute Gasteiger partial charge is 0.119 e. The standard InChI is InChI=1S/C16H19NO/c1-3-11-18-16-9-7-13(8-10-16)14-5-4-6-15(12-14)17-2/h4-10,12,17H,3,11H2,1-2H3. The van der Waals surface area contributed by atoms with E-state index in [-0.39, 0.29) is 0 Å². The van der Waals surface area contributed by atoms with Gasteiger partial charge in [0.15, 0.2) is 0 Å². The molecule has 94 valence electrons. The number of hydrogen-bond donors (Lipinski definition) is 1. The van der Waals surface area contributed by atoms with Crippen molar-refractivity contribution in [2.45, 2.75) is 13.3 Å². The first-order chi connectivity index (χ1) is 8.83. The summed E-state index contributed by atoms with van der Waals surface area (Å²) in [4.78, 5) is 0. The Morgan fingerprint density at radius 2 is 1.78 bits per heavy atom. The lowest BCUT2D eigenvalue weighted by atomic mass is 10.1. The second kappa shape index (κ2) is 6.10. The van der Waals surface area contributed by atoms with Gasteiger partial charge in [0.05, 0.1) is 6.61 Å². The Bertz CT molecular complexity index is 491. The van der Waals surface area contributed by atoms with Gasteiger partial charge in [-0.15, -0.1) is 0 Å². The fourth-order valence-corrected chi connectivity index (χ4v) is 1.82. The largest absolute Gasteiger partial charge is 0.494 e. The molecular weight excluding hydrogens is 222 g/mol. The Hall–Kier alpha value is -1.96. The number of nitrogens with one attached hydrogen (secondary N) is 1. The van der Waals surface area contributed by atoms with Crippen molar-refractivity contribution in [2.75, 3.05) is 19.0 Å². The summed E-state index contributed by atoms with van der Waals surface area (Å²) in [7, 11) is 1.93.